The van der Waals surface area contributed by atoms with Crippen molar-refractivity contribution >= 4 is 5.97 Å². The maximum absolute atomic E-state index is 12.2. The highest BCUT2D eigenvalue weighted by Gasteiger charge is 2.29. The van der Waals surface area contributed by atoms with Gasteiger partial charge < -0.3 is 9.64 Å². The van der Waals surface area contributed by atoms with Gasteiger partial charge in [0.05, 0.1) is 18.2 Å². The van der Waals surface area contributed by atoms with Crippen LogP contribution in [0.5, 0.6) is 0 Å². The van der Waals surface area contributed by atoms with Gasteiger partial charge >= 0.3 is 5.97 Å². The Morgan fingerprint density at radius 1 is 1.19 bits per heavy atom. The first-order chi connectivity index (χ1) is 12.8. The van der Waals surface area contributed by atoms with Crippen LogP contribution in [0.2, 0.25) is 0 Å². The third kappa shape index (κ3) is 5.58. The quantitative estimate of drug-likeness (QED) is 0.749. The van der Waals surface area contributed by atoms with Crippen molar-refractivity contribution in [1.82, 2.24) is 14.7 Å². The number of allylic oxidation sites excluding steroid dienone is 2. The Bertz CT molecular complexity index is 786. The lowest BCUT2D eigenvalue weighted by atomic mass is 9.93. The first kappa shape index (κ1) is 20.5. The van der Waals surface area contributed by atoms with Crippen LogP contribution in [0.15, 0.2) is 67.2 Å². The van der Waals surface area contributed by atoms with Crippen molar-refractivity contribution in [3.05, 3.63) is 78.3 Å². The van der Waals surface area contributed by atoms with Crippen molar-refractivity contribution in [3.8, 4) is 0 Å². The molecule has 0 N–H and O–H groups in total. The van der Waals surface area contributed by atoms with Gasteiger partial charge in [-0.05, 0) is 51.5 Å². The second kappa shape index (κ2) is 9.21. The van der Waals surface area contributed by atoms with Gasteiger partial charge in [-0.2, -0.15) is 5.10 Å². The Balaban J connectivity index is 0.000000369. The molecule has 1 aromatic heterocycles. The Hall–Kier alpha value is -2.82. The summed E-state index contributed by atoms with van der Waals surface area (Å²) in [7, 11) is 1.89. The summed E-state index contributed by atoms with van der Waals surface area (Å²) in [6, 6.07) is 9.60. The molecule has 1 aliphatic rings. The fourth-order valence-corrected chi connectivity index (χ4v) is 2.89. The van der Waals surface area contributed by atoms with Crippen LogP contribution >= 0.6 is 0 Å². The smallest absolute Gasteiger partial charge is 0.338 e. The van der Waals surface area contributed by atoms with E-state index in [1.807, 2.05) is 62.7 Å². The molecule has 1 atom stereocenters. The zero-order chi connectivity index (χ0) is 19.9. The van der Waals surface area contributed by atoms with Crippen LogP contribution in [-0.4, -0.2) is 32.8 Å². The molecule has 0 spiro atoms. The molecule has 144 valence electrons. The molecule has 5 heteroatoms. The average molecular weight is 367 g/mol. The molecule has 3 rings (SSSR count). The van der Waals surface area contributed by atoms with E-state index < -0.39 is 0 Å². The summed E-state index contributed by atoms with van der Waals surface area (Å²) in [6.07, 6.45) is 11.9. The van der Waals surface area contributed by atoms with Crippen LogP contribution in [0, 0.1) is 0 Å². The lowest BCUT2D eigenvalue weighted by molar-refractivity contribution is 0.0521. The normalized spacial score (nSPS) is 15.9. The molecular weight excluding hydrogens is 338 g/mol. The second-order valence-corrected chi connectivity index (χ2v) is 7.24. The largest absolute Gasteiger partial charge is 0.462 e. The maximum atomic E-state index is 12.2. The fraction of sp³-hybridized carbons (Fsp3) is 0.364. The number of hydrogen-bond donors (Lipinski definition) is 0. The minimum atomic E-state index is -0.259. The van der Waals surface area contributed by atoms with Gasteiger partial charge in [0.15, 0.2) is 0 Å². The first-order valence-corrected chi connectivity index (χ1v) is 9.17. The highest BCUT2D eigenvalue weighted by Crippen LogP contribution is 2.33. The third-order valence-corrected chi connectivity index (χ3v) is 4.14. The number of ether oxygens (including phenoxy) is 1. The van der Waals surface area contributed by atoms with Crippen LogP contribution < -0.4 is 0 Å². The molecule has 1 aliphatic heterocycles. The van der Waals surface area contributed by atoms with E-state index in [2.05, 4.69) is 43.0 Å². The number of benzene rings is 1. The van der Waals surface area contributed by atoms with E-state index in [1.165, 1.54) is 0 Å². The van der Waals surface area contributed by atoms with Gasteiger partial charge in [-0.25, -0.2) is 4.79 Å². The number of esters is 1. The lowest BCUT2D eigenvalue weighted by Gasteiger charge is -2.41. The molecule has 1 unspecified atom stereocenters. The molecule has 0 radical (unpaired) electrons. The third-order valence-electron chi connectivity index (χ3n) is 4.14. The average Bonchev–Trinajstić information content (AvgIpc) is 3.13. The molecule has 27 heavy (non-hydrogen) atoms. The minimum Gasteiger partial charge on any atom is -0.462 e. The Labute approximate surface area is 161 Å². The number of carbonyl (C=O) groups is 1. The molecular formula is C22H29N3O2. The predicted octanol–water partition coefficient (Wildman–Crippen LogP) is 4.51. The first-order valence-electron chi connectivity index (χ1n) is 9.17. The minimum absolute atomic E-state index is 0.0340. The van der Waals surface area contributed by atoms with Crippen molar-refractivity contribution in [2.24, 2.45) is 7.05 Å². The van der Waals surface area contributed by atoms with E-state index >= 15 is 0 Å². The van der Waals surface area contributed by atoms with Crippen LogP contribution in [0.1, 0.15) is 49.7 Å². The van der Waals surface area contributed by atoms with E-state index in [0.29, 0.717) is 12.2 Å². The van der Waals surface area contributed by atoms with Crippen molar-refractivity contribution in [2.75, 3.05) is 6.61 Å². The van der Waals surface area contributed by atoms with Crippen molar-refractivity contribution in [3.63, 3.8) is 0 Å². The summed E-state index contributed by atoms with van der Waals surface area (Å²) in [5.74, 6) is -0.259. The van der Waals surface area contributed by atoms with Crippen LogP contribution in [0.4, 0.5) is 0 Å². The Kier molecular flexibility index (Phi) is 6.99. The Morgan fingerprint density at radius 2 is 1.93 bits per heavy atom. The molecule has 0 amide bonds. The van der Waals surface area contributed by atoms with E-state index in [1.54, 1.807) is 10.9 Å². The lowest BCUT2D eigenvalue weighted by Crippen LogP contribution is -2.40. The van der Waals surface area contributed by atoms with Gasteiger partial charge in [-0.1, -0.05) is 30.4 Å². The molecule has 0 saturated carbocycles. The Morgan fingerprint density at radius 3 is 2.48 bits per heavy atom. The zero-order valence-corrected chi connectivity index (χ0v) is 16.8. The van der Waals surface area contributed by atoms with Gasteiger partial charge in [0.2, 0.25) is 0 Å². The molecule has 2 heterocycles. The summed E-state index contributed by atoms with van der Waals surface area (Å²) in [5.41, 5.74) is 1.58. The number of hydrogen-bond acceptors (Lipinski definition) is 4. The van der Waals surface area contributed by atoms with E-state index in [9.17, 15) is 4.79 Å². The topological polar surface area (TPSA) is 47.4 Å². The summed E-state index contributed by atoms with van der Waals surface area (Å²) < 4.78 is 6.93. The number of aromatic nitrogens is 2. The summed E-state index contributed by atoms with van der Waals surface area (Å²) in [4.78, 5) is 14.4. The summed E-state index contributed by atoms with van der Waals surface area (Å²) >= 11 is 0. The highest BCUT2D eigenvalue weighted by atomic mass is 16.5. The molecule has 2 aromatic rings. The molecule has 0 saturated heterocycles. The van der Waals surface area contributed by atoms with E-state index in [4.69, 9.17) is 4.74 Å². The van der Waals surface area contributed by atoms with Crippen molar-refractivity contribution in [1.29, 1.82) is 0 Å². The molecule has 5 nitrogen and oxygen atoms in total. The standard InChI is InChI=1S/C18H23NO2.C4H6N2/c1-5-21-17(20)15-11-7-6-10-14(15)16-12-8-9-13-19(16)18(2,3)4;1-6-4-2-3-5-6/h6-13,16H,5H2,1-4H3;2-4H,1H3. The van der Waals surface area contributed by atoms with E-state index in [0.717, 1.165) is 5.56 Å². The second-order valence-electron chi connectivity index (χ2n) is 7.24. The fourth-order valence-electron chi connectivity index (χ4n) is 2.89. The van der Waals surface area contributed by atoms with Crippen molar-refractivity contribution in [2.45, 2.75) is 39.3 Å². The summed E-state index contributed by atoms with van der Waals surface area (Å²) in [5, 5.41) is 3.83. The van der Waals surface area contributed by atoms with Crippen molar-refractivity contribution < 1.29 is 9.53 Å². The van der Waals surface area contributed by atoms with Gasteiger partial charge in [-0.3, -0.25) is 4.68 Å². The monoisotopic (exact) mass is 367 g/mol. The highest BCUT2D eigenvalue weighted by molar-refractivity contribution is 5.91. The molecule has 0 aliphatic carbocycles. The van der Waals surface area contributed by atoms with E-state index in [-0.39, 0.29) is 17.6 Å². The predicted molar refractivity (Wildman–Crippen MR) is 108 cm³/mol. The maximum Gasteiger partial charge on any atom is 0.338 e. The van der Waals surface area contributed by atoms with Gasteiger partial charge in [0.25, 0.3) is 0 Å². The van der Waals surface area contributed by atoms with Gasteiger partial charge in [-0.15, -0.1) is 0 Å². The van der Waals surface area contributed by atoms with Gasteiger partial charge in [0.1, 0.15) is 0 Å². The number of rotatable bonds is 3. The SMILES string of the molecule is CCOC(=O)c1ccccc1C1C=CC=CN1C(C)(C)C.Cn1cccn1. The van der Waals surface area contributed by atoms with Gasteiger partial charge in [0, 0.05) is 31.2 Å². The zero-order valence-electron chi connectivity index (χ0n) is 16.8. The number of aryl methyl sites for hydroxylation is 1. The molecule has 1 aromatic carbocycles. The number of nitrogens with zero attached hydrogens (tertiary/aromatic N) is 3. The summed E-state index contributed by atoms with van der Waals surface area (Å²) in [6.45, 7) is 8.70. The molecule has 0 fully saturated rings. The number of carbonyl (C=O) groups excluding carboxylic acids is 1. The van der Waals surface area contributed by atoms with Crippen LogP contribution in [0.3, 0.4) is 0 Å². The van der Waals surface area contributed by atoms with Crippen LogP contribution in [-0.2, 0) is 11.8 Å². The molecule has 0 bridgehead atoms. The van der Waals surface area contributed by atoms with Crippen LogP contribution in [0.25, 0.3) is 0 Å².